The van der Waals surface area contributed by atoms with Gasteiger partial charge in [-0.05, 0) is 78.4 Å². The molecular weight excluding hydrogens is 602 g/mol. The van der Waals surface area contributed by atoms with Crippen LogP contribution >= 0.6 is 46.4 Å². The number of pyridine rings is 1. The Kier molecular flexibility index (Phi) is 10.4. The van der Waals surface area contributed by atoms with Gasteiger partial charge in [-0.25, -0.2) is 4.79 Å². The second kappa shape index (κ2) is 13.9. The minimum Gasteiger partial charge on any atom is -0.462 e. The number of H-pyrrole nitrogens is 1. The summed E-state index contributed by atoms with van der Waals surface area (Å²) in [6, 6.07) is 24.3. The number of carbonyl (C=O) groups excluding carboxylic acids is 1. The van der Waals surface area contributed by atoms with Crippen molar-refractivity contribution in [1.29, 1.82) is 0 Å². The summed E-state index contributed by atoms with van der Waals surface area (Å²) in [7, 11) is 0. The molecule has 0 radical (unpaired) electrons. The first-order chi connectivity index (χ1) is 19.7. The third-order valence-corrected chi connectivity index (χ3v) is 7.99. The number of benzene rings is 4. The second-order valence-corrected chi connectivity index (χ2v) is 10.7. The smallest absolute Gasteiger partial charge is 0.343 e. The number of hydrogen-bond acceptors (Lipinski definition) is 4. The topological polar surface area (TPSA) is 85.2 Å². The van der Waals surface area contributed by atoms with E-state index in [4.69, 9.17) is 56.9 Å². The number of hydrogen-bond donors (Lipinski definition) is 2. The summed E-state index contributed by atoms with van der Waals surface area (Å²) in [4.78, 5) is 27.5. The number of halogens is 4. The summed E-state index contributed by atoms with van der Waals surface area (Å²) in [5.41, 5.74) is 10.6. The maximum absolute atomic E-state index is 12.6. The molecule has 1 aromatic heterocycles. The first-order valence-electron chi connectivity index (χ1n) is 12.7. The first kappa shape index (κ1) is 30.5. The normalized spacial score (nSPS) is 10.7. The van der Waals surface area contributed by atoms with Crippen molar-refractivity contribution in [3.05, 3.63) is 143 Å². The van der Waals surface area contributed by atoms with Crippen LogP contribution in [0.3, 0.4) is 0 Å². The average Bonchev–Trinajstić information content (AvgIpc) is 2.96. The van der Waals surface area contributed by atoms with Crippen LogP contribution in [0, 0.1) is 0 Å². The summed E-state index contributed by atoms with van der Waals surface area (Å²) in [6.45, 7) is 1.91. The first-order valence-corrected chi connectivity index (χ1v) is 14.2. The molecule has 0 fully saturated rings. The molecule has 0 spiro atoms. The zero-order valence-electron chi connectivity index (χ0n) is 22.0. The molecule has 3 N–H and O–H groups in total. The lowest BCUT2D eigenvalue weighted by molar-refractivity contribution is 0.0524. The van der Waals surface area contributed by atoms with Crippen LogP contribution in [0.2, 0.25) is 20.1 Å². The van der Waals surface area contributed by atoms with Crippen LogP contribution in [0.1, 0.15) is 39.5 Å². The largest absolute Gasteiger partial charge is 0.462 e. The van der Waals surface area contributed by atoms with E-state index >= 15 is 0 Å². The van der Waals surface area contributed by atoms with E-state index < -0.39 is 5.97 Å². The van der Waals surface area contributed by atoms with E-state index in [0.717, 1.165) is 28.8 Å². The highest BCUT2D eigenvalue weighted by atomic mass is 35.5. The van der Waals surface area contributed by atoms with E-state index in [1.807, 2.05) is 54.6 Å². The van der Waals surface area contributed by atoms with E-state index in [2.05, 4.69) is 4.98 Å². The number of rotatable bonds is 6. The van der Waals surface area contributed by atoms with Crippen molar-refractivity contribution in [3.8, 4) is 0 Å². The molecule has 210 valence electrons. The molecule has 0 aliphatic heterocycles. The van der Waals surface area contributed by atoms with Gasteiger partial charge in [-0.3, -0.25) is 4.79 Å². The molecule has 0 atom stereocenters. The lowest BCUT2D eigenvalue weighted by Gasteiger charge is -2.08. The highest BCUT2D eigenvalue weighted by Gasteiger charge is 2.15. The number of aromatic nitrogens is 1. The number of carbonyl (C=O) groups is 1. The minimum absolute atomic E-state index is 0.00714. The lowest BCUT2D eigenvalue weighted by Crippen LogP contribution is -2.18. The number of aromatic amines is 1. The second-order valence-electron chi connectivity index (χ2n) is 9.15. The number of ether oxygens (including phenoxy) is 1. The Hall–Kier alpha value is -3.48. The Balaban J connectivity index is 0.000000208. The third kappa shape index (κ3) is 7.63. The molecule has 5 nitrogen and oxygen atoms in total. The number of nitrogen functional groups attached to an aromatic ring is 1. The molecule has 0 saturated heterocycles. The Morgan fingerprint density at radius 2 is 1.37 bits per heavy atom. The molecule has 4 aromatic carbocycles. The highest BCUT2D eigenvalue weighted by Crippen LogP contribution is 2.28. The molecule has 1 heterocycles. The van der Waals surface area contributed by atoms with Gasteiger partial charge in [-0.15, -0.1) is 0 Å². The number of anilines is 1. The Morgan fingerprint density at radius 3 is 1.95 bits per heavy atom. The Morgan fingerprint density at radius 1 is 0.805 bits per heavy atom. The van der Waals surface area contributed by atoms with Gasteiger partial charge in [0.2, 0.25) is 5.43 Å². The van der Waals surface area contributed by atoms with Crippen molar-refractivity contribution in [2.75, 3.05) is 12.3 Å². The van der Waals surface area contributed by atoms with Gasteiger partial charge in [0, 0.05) is 22.8 Å². The van der Waals surface area contributed by atoms with Crippen LogP contribution in [-0.2, 0) is 17.6 Å². The molecule has 0 bridgehead atoms. The Bertz CT molecular complexity index is 1750. The minimum atomic E-state index is -0.631. The maximum Gasteiger partial charge on any atom is 0.343 e. The zero-order chi connectivity index (χ0) is 29.5. The third-order valence-electron chi connectivity index (χ3n) is 6.27. The van der Waals surface area contributed by atoms with Gasteiger partial charge in [0.05, 0.1) is 26.7 Å². The van der Waals surface area contributed by atoms with Crippen LogP contribution in [0.4, 0.5) is 5.69 Å². The van der Waals surface area contributed by atoms with E-state index in [9.17, 15) is 9.59 Å². The van der Waals surface area contributed by atoms with Gasteiger partial charge in [-0.1, -0.05) is 88.9 Å². The van der Waals surface area contributed by atoms with Crippen molar-refractivity contribution in [1.82, 2.24) is 4.98 Å². The molecule has 5 aromatic rings. The number of fused-ring (bicyclic) bond motifs is 1. The van der Waals surface area contributed by atoms with Gasteiger partial charge >= 0.3 is 5.97 Å². The summed E-state index contributed by atoms with van der Waals surface area (Å²) in [5.74, 6) is -0.631. The fraction of sp³-hybridized carbons (Fsp3) is 0.125. The van der Waals surface area contributed by atoms with Crippen molar-refractivity contribution >= 4 is 69.0 Å². The van der Waals surface area contributed by atoms with Gasteiger partial charge in [-0.2, -0.15) is 0 Å². The summed E-state index contributed by atoms with van der Waals surface area (Å²) in [6.07, 6.45) is 2.67. The molecular formula is C32H26Cl4N2O3. The predicted octanol–water partition coefficient (Wildman–Crippen LogP) is 8.77. The van der Waals surface area contributed by atoms with Gasteiger partial charge < -0.3 is 15.5 Å². The SMILES string of the molecule is CCOC(=O)c1c[nH]c2ccc(Cc3cccc(Cl)c3Cl)cc2c1=O.Nc1ccc(Cc2cccc(Cl)c2Cl)cc1. The van der Waals surface area contributed by atoms with E-state index in [0.29, 0.717) is 37.4 Å². The lowest BCUT2D eigenvalue weighted by atomic mass is 10.0. The monoisotopic (exact) mass is 626 g/mol. The number of nitrogens with two attached hydrogens (primary N) is 1. The summed E-state index contributed by atoms with van der Waals surface area (Å²) >= 11 is 24.4. The molecule has 0 unspecified atom stereocenters. The molecule has 0 aliphatic carbocycles. The van der Waals surface area contributed by atoms with Crippen LogP contribution in [0.15, 0.2) is 89.9 Å². The molecule has 5 rings (SSSR count). The average molecular weight is 628 g/mol. The standard InChI is InChI=1S/C19H15Cl2NO3.C13H11Cl2N/c1-2-25-19(24)14-10-22-16-7-6-11(9-13(16)18(14)23)8-12-4-3-5-15(20)17(12)21;14-12-3-1-2-10(13(12)15)8-9-4-6-11(16)7-5-9/h3-7,9-10H,2,8H2,1H3,(H,22,23);1-7H,8,16H2. The van der Waals surface area contributed by atoms with Crippen LogP contribution in [0.5, 0.6) is 0 Å². The zero-order valence-corrected chi connectivity index (χ0v) is 25.0. The number of nitrogens with one attached hydrogen (secondary N) is 1. The molecule has 0 saturated carbocycles. The summed E-state index contributed by atoms with van der Waals surface area (Å²) in [5, 5.41) is 2.64. The number of esters is 1. The van der Waals surface area contributed by atoms with Crippen molar-refractivity contribution in [3.63, 3.8) is 0 Å². The highest BCUT2D eigenvalue weighted by molar-refractivity contribution is 6.43. The van der Waals surface area contributed by atoms with Gasteiger partial charge in [0.25, 0.3) is 0 Å². The van der Waals surface area contributed by atoms with Crippen molar-refractivity contribution in [2.24, 2.45) is 0 Å². The predicted molar refractivity (Wildman–Crippen MR) is 170 cm³/mol. The van der Waals surface area contributed by atoms with Gasteiger partial charge in [0.15, 0.2) is 0 Å². The van der Waals surface area contributed by atoms with E-state index in [1.54, 1.807) is 31.2 Å². The fourth-order valence-electron chi connectivity index (χ4n) is 4.18. The van der Waals surface area contributed by atoms with Crippen LogP contribution in [0.25, 0.3) is 10.9 Å². The van der Waals surface area contributed by atoms with Gasteiger partial charge in [0.1, 0.15) is 5.56 Å². The fourth-order valence-corrected chi connectivity index (χ4v) is 4.96. The quantitative estimate of drug-likeness (QED) is 0.146. The van der Waals surface area contributed by atoms with Crippen LogP contribution < -0.4 is 11.2 Å². The van der Waals surface area contributed by atoms with E-state index in [1.165, 1.54) is 11.8 Å². The Labute approximate surface area is 257 Å². The molecule has 41 heavy (non-hydrogen) atoms. The van der Waals surface area contributed by atoms with Crippen molar-refractivity contribution < 1.29 is 9.53 Å². The molecule has 9 heteroatoms. The van der Waals surface area contributed by atoms with Crippen molar-refractivity contribution in [2.45, 2.75) is 19.8 Å². The van der Waals surface area contributed by atoms with E-state index in [-0.39, 0.29) is 17.6 Å². The summed E-state index contributed by atoms with van der Waals surface area (Å²) < 4.78 is 4.92. The van der Waals surface area contributed by atoms with Crippen LogP contribution in [-0.4, -0.2) is 17.6 Å². The molecule has 0 amide bonds. The molecule has 0 aliphatic rings. The maximum atomic E-state index is 12.6.